The maximum absolute atomic E-state index is 12.0. The molecule has 1 amide bonds. The highest BCUT2D eigenvalue weighted by molar-refractivity contribution is 7.99. The number of carbonyl (C=O) groups excluding carboxylic acids is 1. The van der Waals surface area contributed by atoms with Gasteiger partial charge in [-0.3, -0.25) is 4.79 Å². The fourth-order valence-electron chi connectivity index (χ4n) is 2.20. The molecule has 2 aromatic carbocycles. The van der Waals surface area contributed by atoms with Gasteiger partial charge in [-0.1, -0.05) is 29.3 Å². The lowest BCUT2D eigenvalue weighted by atomic mass is 10.2. The monoisotopic (exact) mass is 377 g/mol. The van der Waals surface area contributed by atoms with E-state index in [2.05, 4.69) is 5.32 Å². The Hall–Kier alpha value is -1.65. The molecule has 134 valence electrons. The fourth-order valence-corrected chi connectivity index (χ4v) is 3.18. The van der Waals surface area contributed by atoms with Crippen LogP contribution >= 0.6 is 23.4 Å². The van der Waals surface area contributed by atoms with Crippen LogP contribution in [0.25, 0.3) is 0 Å². The van der Waals surface area contributed by atoms with E-state index in [1.165, 1.54) is 10.5 Å². The molecule has 25 heavy (non-hydrogen) atoms. The Balaban J connectivity index is 1.59. The van der Waals surface area contributed by atoms with Gasteiger partial charge in [0.25, 0.3) is 0 Å². The molecule has 0 saturated heterocycles. The fraction of sp³-hybridized carbons (Fsp3) is 0.350. The predicted octanol–water partition coefficient (Wildman–Crippen LogP) is 5.10. The van der Waals surface area contributed by atoms with Crippen LogP contribution in [0, 0.1) is 6.92 Å². The first-order chi connectivity index (χ1) is 12.0. The van der Waals surface area contributed by atoms with Gasteiger partial charge < -0.3 is 10.1 Å². The molecular formula is C20H24ClNO2S. The first-order valence-corrected chi connectivity index (χ1v) is 9.76. The van der Waals surface area contributed by atoms with Crippen LogP contribution in [0.1, 0.15) is 25.3 Å². The first kappa shape index (κ1) is 19.7. The minimum absolute atomic E-state index is 0.0160. The quantitative estimate of drug-likeness (QED) is 0.487. The molecule has 0 aliphatic rings. The van der Waals surface area contributed by atoms with Crippen molar-refractivity contribution >= 4 is 29.3 Å². The minimum Gasteiger partial charge on any atom is -0.491 e. The van der Waals surface area contributed by atoms with Crippen LogP contribution in [0.15, 0.2) is 53.4 Å². The zero-order valence-electron chi connectivity index (χ0n) is 14.6. The molecule has 3 nitrogen and oxygen atoms in total. The van der Waals surface area contributed by atoms with E-state index in [9.17, 15) is 4.79 Å². The van der Waals surface area contributed by atoms with Crippen molar-refractivity contribution < 1.29 is 9.53 Å². The van der Waals surface area contributed by atoms with Gasteiger partial charge in [-0.2, -0.15) is 0 Å². The topological polar surface area (TPSA) is 38.3 Å². The van der Waals surface area contributed by atoms with E-state index in [0.717, 1.165) is 22.9 Å². The van der Waals surface area contributed by atoms with Crippen LogP contribution in [-0.2, 0) is 4.79 Å². The Morgan fingerprint density at radius 2 is 1.84 bits per heavy atom. The third-order valence-electron chi connectivity index (χ3n) is 3.56. The molecule has 1 atom stereocenters. The van der Waals surface area contributed by atoms with Crippen molar-refractivity contribution in [2.45, 2.75) is 37.6 Å². The maximum atomic E-state index is 12.0. The molecule has 5 heteroatoms. The van der Waals surface area contributed by atoms with Gasteiger partial charge in [-0.15, -0.1) is 11.8 Å². The summed E-state index contributed by atoms with van der Waals surface area (Å²) < 4.78 is 5.69. The summed E-state index contributed by atoms with van der Waals surface area (Å²) in [6, 6.07) is 15.6. The van der Waals surface area contributed by atoms with E-state index in [1.54, 1.807) is 11.8 Å². The molecule has 0 fully saturated rings. The molecule has 1 unspecified atom stereocenters. The molecule has 1 N–H and O–H groups in total. The molecule has 0 heterocycles. The highest BCUT2D eigenvalue weighted by Crippen LogP contribution is 2.21. The SMILES string of the molecule is Cc1ccc(OCC(C)NC(=O)CCCSc2ccc(Cl)cc2)cc1. The number of ether oxygens (including phenoxy) is 1. The third kappa shape index (κ3) is 7.84. The number of hydrogen-bond donors (Lipinski definition) is 1. The van der Waals surface area contributed by atoms with E-state index in [-0.39, 0.29) is 11.9 Å². The Kier molecular flexibility index (Phi) is 8.16. The number of amides is 1. The second-order valence-corrected chi connectivity index (χ2v) is 7.60. The number of nitrogens with one attached hydrogen (secondary N) is 1. The summed E-state index contributed by atoms with van der Waals surface area (Å²) in [6.45, 7) is 4.46. The summed E-state index contributed by atoms with van der Waals surface area (Å²) in [6.07, 6.45) is 1.36. The lowest BCUT2D eigenvalue weighted by Crippen LogP contribution is -2.36. The molecule has 0 bridgehead atoms. The van der Waals surface area contributed by atoms with Gasteiger partial charge in [0.2, 0.25) is 5.91 Å². The van der Waals surface area contributed by atoms with Crippen LogP contribution in [-0.4, -0.2) is 24.3 Å². The number of hydrogen-bond acceptors (Lipinski definition) is 3. The van der Waals surface area contributed by atoms with Crippen molar-refractivity contribution in [2.24, 2.45) is 0 Å². The lowest BCUT2D eigenvalue weighted by Gasteiger charge is -2.15. The van der Waals surface area contributed by atoms with Crippen LogP contribution in [0.2, 0.25) is 5.02 Å². The highest BCUT2D eigenvalue weighted by Gasteiger charge is 2.08. The van der Waals surface area contributed by atoms with E-state index in [4.69, 9.17) is 16.3 Å². The van der Waals surface area contributed by atoms with Gasteiger partial charge >= 0.3 is 0 Å². The van der Waals surface area contributed by atoms with E-state index in [0.29, 0.717) is 13.0 Å². The third-order valence-corrected chi connectivity index (χ3v) is 4.91. The minimum atomic E-state index is -0.0160. The lowest BCUT2D eigenvalue weighted by molar-refractivity contribution is -0.121. The van der Waals surface area contributed by atoms with Crippen LogP contribution in [0.4, 0.5) is 0 Å². The summed E-state index contributed by atoms with van der Waals surface area (Å²) >= 11 is 7.60. The Labute approximate surface area is 159 Å². The van der Waals surface area contributed by atoms with Gasteiger partial charge in [0.05, 0.1) is 6.04 Å². The van der Waals surface area contributed by atoms with E-state index >= 15 is 0 Å². The largest absolute Gasteiger partial charge is 0.491 e. The highest BCUT2D eigenvalue weighted by atomic mass is 35.5. The van der Waals surface area contributed by atoms with Crippen molar-refractivity contribution in [3.05, 3.63) is 59.1 Å². The van der Waals surface area contributed by atoms with Crippen LogP contribution in [0.5, 0.6) is 5.75 Å². The standard InChI is InChI=1S/C20H24ClNO2S/c1-15-5-9-18(10-6-15)24-14-16(2)22-20(23)4-3-13-25-19-11-7-17(21)8-12-19/h5-12,16H,3-4,13-14H2,1-2H3,(H,22,23). The average molecular weight is 378 g/mol. The number of thioether (sulfide) groups is 1. The molecular weight excluding hydrogens is 354 g/mol. The Bertz CT molecular complexity index is 658. The zero-order valence-corrected chi connectivity index (χ0v) is 16.2. The summed E-state index contributed by atoms with van der Waals surface area (Å²) in [7, 11) is 0. The summed E-state index contributed by atoms with van der Waals surface area (Å²) in [5.41, 5.74) is 1.20. The normalized spacial score (nSPS) is 11.8. The van der Waals surface area contributed by atoms with Crippen molar-refractivity contribution in [1.82, 2.24) is 5.32 Å². The molecule has 2 rings (SSSR count). The van der Waals surface area contributed by atoms with Crippen molar-refractivity contribution in [1.29, 1.82) is 0 Å². The maximum Gasteiger partial charge on any atom is 0.220 e. The van der Waals surface area contributed by atoms with Gasteiger partial charge in [-0.05, 0) is 62.4 Å². The first-order valence-electron chi connectivity index (χ1n) is 8.40. The number of halogens is 1. The second kappa shape index (κ2) is 10.4. The van der Waals surface area contributed by atoms with Crippen molar-refractivity contribution in [2.75, 3.05) is 12.4 Å². The van der Waals surface area contributed by atoms with Gasteiger partial charge in [0.15, 0.2) is 0 Å². The summed E-state index contributed by atoms with van der Waals surface area (Å²) in [5, 5.41) is 3.72. The predicted molar refractivity (Wildman–Crippen MR) is 106 cm³/mol. The second-order valence-electron chi connectivity index (χ2n) is 6.00. The molecule has 0 aromatic heterocycles. The van der Waals surface area contributed by atoms with E-state index < -0.39 is 0 Å². The Morgan fingerprint density at radius 3 is 2.52 bits per heavy atom. The molecule has 0 aliphatic carbocycles. The molecule has 0 aliphatic heterocycles. The number of aryl methyl sites for hydroxylation is 1. The van der Waals surface area contributed by atoms with Crippen LogP contribution < -0.4 is 10.1 Å². The van der Waals surface area contributed by atoms with Crippen LogP contribution in [0.3, 0.4) is 0 Å². The number of rotatable bonds is 9. The molecule has 0 radical (unpaired) electrons. The summed E-state index contributed by atoms with van der Waals surface area (Å²) in [4.78, 5) is 13.1. The molecule has 0 saturated carbocycles. The smallest absolute Gasteiger partial charge is 0.220 e. The number of benzene rings is 2. The Morgan fingerprint density at radius 1 is 1.16 bits per heavy atom. The average Bonchev–Trinajstić information content (AvgIpc) is 2.60. The summed E-state index contributed by atoms with van der Waals surface area (Å²) in [5.74, 6) is 1.80. The van der Waals surface area contributed by atoms with Crippen molar-refractivity contribution in [3.8, 4) is 5.75 Å². The van der Waals surface area contributed by atoms with Crippen molar-refractivity contribution in [3.63, 3.8) is 0 Å². The van der Waals surface area contributed by atoms with Gasteiger partial charge in [0.1, 0.15) is 12.4 Å². The molecule has 2 aromatic rings. The number of carbonyl (C=O) groups is 1. The van der Waals surface area contributed by atoms with E-state index in [1.807, 2.05) is 62.4 Å². The molecule has 0 spiro atoms. The van der Waals surface area contributed by atoms with Gasteiger partial charge in [0, 0.05) is 16.3 Å². The van der Waals surface area contributed by atoms with Gasteiger partial charge in [-0.25, -0.2) is 0 Å². The zero-order chi connectivity index (χ0) is 18.1.